The molecule has 8 heteroatoms. The molecule has 1 N–H and O–H groups in total. The summed E-state index contributed by atoms with van der Waals surface area (Å²) in [4.78, 5) is 33.6. The van der Waals surface area contributed by atoms with Gasteiger partial charge < -0.3 is 10.1 Å². The molecule has 2 aromatic carbocycles. The summed E-state index contributed by atoms with van der Waals surface area (Å²) in [5.74, 6) is -1.09. The van der Waals surface area contributed by atoms with Crippen molar-refractivity contribution in [3.05, 3.63) is 77.9 Å². The van der Waals surface area contributed by atoms with Crippen LogP contribution in [0.3, 0.4) is 0 Å². The predicted molar refractivity (Wildman–Crippen MR) is 116 cm³/mol. The topological polar surface area (TPSA) is 98.5 Å². The molecule has 4 aromatic rings. The van der Waals surface area contributed by atoms with Crippen molar-refractivity contribution < 1.29 is 14.3 Å². The van der Waals surface area contributed by atoms with Gasteiger partial charge in [0.15, 0.2) is 6.10 Å². The number of fused-ring (bicyclic) bond motifs is 1. The first kappa shape index (κ1) is 20.2. The van der Waals surface area contributed by atoms with E-state index < -0.39 is 18.0 Å². The van der Waals surface area contributed by atoms with Crippen LogP contribution in [0.2, 0.25) is 0 Å². The van der Waals surface area contributed by atoms with Crippen molar-refractivity contribution in [3.8, 4) is 11.1 Å². The molecule has 0 spiro atoms. The number of aryl methyl sites for hydroxylation is 2. The maximum atomic E-state index is 12.7. The van der Waals surface area contributed by atoms with Gasteiger partial charge in [-0.15, -0.1) is 5.10 Å². The summed E-state index contributed by atoms with van der Waals surface area (Å²) in [7, 11) is 0. The van der Waals surface area contributed by atoms with E-state index >= 15 is 0 Å². The molecule has 0 fully saturated rings. The Labute approximate surface area is 178 Å². The zero-order chi connectivity index (χ0) is 22.0. The number of ether oxygens (including phenoxy) is 1. The van der Waals surface area contributed by atoms with Gasteiger partial charge in [-0.1, -0.05) is 48.5 Å². The molecular weight excluding hydrogens is 394 g/mol. The summed E-state index contributed by atoms with van der Waals surface area (Å²) in [6, 6.07) is 19.0. The van der Waals surface area contributed by atoms with Gasteiger partial charge in [0.1, 0.15) is 0 Å². The van der Waals surface area contributed by atoms with Gasteiger partial charge in [0.25, 0.3) is 17.5 Å². The molecule has 8 nitrogen and oxygen atoms in total. The molecule has 0 unspecified atom stereocenters. The van der Waals surface area contributed by atoms with Gasteiger partial charge in [-0.25, -0.2) is 14.3 Å². The minimum Gasteiger partial charge on any atom is -0.447 e. The molecule has 0 saturated carbocycles. The molecule has 4 rings (SSSR count). The second-order valence-electron chi connectivity index (χ2n) is 7.13. The number of carbonyl (C=O) groups excluding carboxylic acids is 2. The van der Waals surface area contributed by atoms with Crippen LogP contribution in [-0.2, 0) is 9.53 Å². The maximum absolute atomic E-state index is 12.7. The number of nitrogens with zero attached hydrogens (tertiary/aromatic N) is 4. The normalized spacial score (nSPS) is 11.8. The number of amides is 1. The van der Waals surface area contributed by atoms with Crippen LogP contribution in [0.5, 0.6) is 0 Å². The van der Waals surface area contributed by atoms with Gasteiger partial charge in [-0.05, 0) is 38.5 Å². The lowest BCUT2D eigenvalue weighted by atomic mass is 10.0. The third-order valence-electron chi connectivity index (χ3n) is 4.72. The van der Waals surface area contributed by atoms with Gasteiger partial charge in [-0.3, -0.25) is 4.79 Å². The van der Waals surface area contributed by atoms with E-state index in [2.05, 4.69) is 20.4 Å². The molecule has 1 atom stereocenters. The number of hydrogen-bond donors (Lipinski definition) is 1. The standard InChI is InChI=1S/C23H21N5O3/c1-14-13-15(2)28-23(24-14)26-20(27-28)22(30)31-16(3)21(29)25-19-12-8-7-11-18(19)17-9-5-4-6-10-17/h4-13,16H,1-3H3,(H,25,29)/t16-/m1/s1. The van der Waals surface area contributed by atoms with Crippen molar-refractivity contribution in [2.24, 2.45) is 0 Å². The highest BCUT2D eigenvalue weighted by Gasteiger charge is 2.23. The molecule has 2 aromatic heterocycles. The molecule has 0 bridgehead atoms. The molecular formula is C23H21N5O3. The van der Waals surface area contributed by atoms with Gasteiger partial charge in [0.2, 0.25) is 0 Å². The maximum Gasteiger partial charge on any atom is 0.379 e. The van der Waals surface area contributed by atoms with E-state index in [0.29, 0.717) is 11.5 Å². The summed E-state index contributed by atoms with van der Waals surface area (Å²) in [5, 5.41) is 6.97. The van der Waals surface area contributed by atoms with Crippen LogP contribution in [0.1, 0.15) is 28.9 Å². The van der Waals surface area contributed by atoms with Crippen LogP contribution in [0.15, 0.2) is 60.7 Å². The molecule has 1 amide bonds. The number of anilines is 1. The second kappa shape index (κ2) is 8.35. The third-order valence-corrected chi connectivity index (χ3v) is 4.72. The Hall–Kier alpha value is -4.07. The van der Waals surface area contributed by atoms with Gasteiger partial charge in [-0.2, -0.15) is 4.98 Å². The zero-order valence-corrected chi connectivity index (χ0v) is 17.4. The van der Waals surface area contributed by atoms with Crippen LogP contribution in [0.4, 0.5) is 5.69 Å². The molecule has 156 valence electrons. The third kappa shape index (κ3) is 4.28. The summed E-state index contributed by atoms with van der Waals surface area (Å²) in [6.07, 6.45) is -1.04. The zero-order valence-electron chi connectivity index (χ0n) is 17.4. The lowest BCUT2D eigenvalue weighted by Gasteiger charge is -2.15. The highest BCUT2D eigenvalue weighted by Crippen LogP contribution is 2.27. The number of esters is 1. The number of carbonyl (C=O) groups is 2. The van der Waals surface area contributed by atoms with Crippen molar-refractivity contribution in [1.82, 2.24) is 19.6 Å². The van der Waals surface area contributed by atoms with Crippen molar-refractivity contribution in [1.29, 1.82) is 0 Å². The van der Waals surface area contributed by atoms with Gasteiger partial charge in [0, 0.05) is 22.6 Å². The average molecular weight is 415 g/mol. The quantitative estimate of drug-likeness (QED) is 0.500. The molecule has 0 saturated heterocycles. The number of benzene rings is 2. The predicted octanol–water partition coefficient (Wildman–Crippen LogP) is 3.59. The van der Waals surface area contributed by atoms with Crippen LogP contribution >= 0.6 is 0 Å². The molecule has 0 aliphatic carbocycles. The van der Waals surface area contributed by atoms with Crippen LogP contribution in [0.25, 0.3) is 16.9 Å². The number of nitrogens with one attached hydrogen (secondary N) is 1. The van der Waals surface area contributed by atoms with E-state index in [-0.39, 0.29) is 5.82 Å². The van der Waals surface area contributed by atoms with Gasteiger partial charge >= 0.3 is 5.97 Å². The van der Waals surface area contributed by atoms with Crippen LogP contribution in [0, 0.1) is 13.8 Å². The van der Waals surface area contributed by atoms with Crippen molar-refractivity contribution in [2.75, 3.05) is 5.32 Å². The summed E-state index contributed by atoms with van der Waals surface area (Å²) in [6.45, 7) is 5.17. The number of para-hydroxylation sites is 1. The van der Waals surface area contributed by atoms with E-state index in [0.717, 1.165) is 22.5 Å². The SMILES string of the molecule is Cc1cc(C)n2nc(C(=O)O[C@H](C)C(=O)Nc3ccccc3-c3ccccc3)nc2n1. The first-order chi connectivity index (χ1) is 14.9. The Morgan fingerprint density at radius 1 is 1.00 bits per heavy atom. The minimum absolute atomic E-state index is 0.148. The van der Waals surface area contributed by atoms with Crippen molar-refractivity contribution >= 4 is 23.3 Å². The lowest BCUT2D eigenvalue weighted by molar-refractivity contribution is -0.123. The van der Waals surface area contributed by atoms with Crippen molar-refractivity contribution in [2.45, 2.75) is 26.9 Å². The first-order valence-electron chi connectivity index (χ1n) is 9.79. The Morgan fingerprint density at radius 2 is 1.71 bits per heavy atom. The number of hydrogen-bond acceptors (Lipinski definition) is 6. The Balaban J connectivity index is 1.49. The van der Waals surface area contributed by atoms with E-state index in [1.165, 1.54) is 11.4 Å². The van der Waals surface area contributed by atoms with Crippen LogP contribution < -0.4 is 5.32 Å². The summed E-state index contributed by atoms with van der Waals surface area (Å²) >= 11 is 0. The largest absolute Gasteiger partial charge is 0.447 e. The van der Waals surface area contributed by atoms with E-state index in [9.17, 15) is 9.59 Å². The molecule has 0 aliphatic rings. The summed E-state index contributed by atoms with van der Waals surface area (Å²) < 4.78 is 6.76. The van der Waals surface area contributed by atoms with E-state index in [1.54, 1.807) is 6.07 Å². The minimum atomic E-state index is -1.04. The monoisotopic (exact) mass is 415 g/mol. The average Bonchev–Trinajstić information content (AvgIpc) is 3.19. The second-order valence-corrected chi connectivity index (χ2v) is 7.13. The Kier molecular flexibility index (Phi) is 5.44. The van der Waals surface area contributed by atoms with E-state index in [1.807, 2.05) is 68.4 Å². The fourth-order valence-electron chi connectivity index (χ4n) is 3.22. The Bertz CT molecular complexity index is 1270. The highest BCUT2D eigenvalue weighted by molar-refractivity contribution is 5.99. The smallest absolute Gasteiger partial charge is 0.379 e. The Morgan fingerprint density at radius 3 is 2.48 bits per heavy atom. The highest BCUT2D eigenvalue weighted by atomic mass is 16.5. The first-order valence-corrected chi connectivity index (χ1v) is 9.79. The fourth-order valence-corrected chi connectivity index (χ4v) is 3.22. The molecule has 0 radical (unpaired) electrons. The number of aromatic nitrogens is 4. The lowest BCUT2D eigenvalue weighted by Crippen LogP contribution is -2.30. The van der Waals surface area contributed by atoms with Gasteiger partial charge in [0.05, 0.1) is 0 Å². The molecule has 0 aliphatic heterocycles. The van der Waals surface area contributed by atoms with Crippen molar-refractivity contribution in [3.63, 3.8) is 0 Å². The molecule has 2 heterocycles. The fraction of sp³-hybridized carbons (Fsp3) is 0.174. The number of rotatable bonds is 5. The van der Waals surface area contributed by atoms with E-state index in [4.69, 9.17) is 4.74 Å². The molecule has 31 heavy (non-hydrogen) atoms. The summed E-state index contributed by atoms with van der Waals surface area (Å²) in [5.41, 5.74) is 4.02. The van der Waals surface area contributed by atoms with Crippen LogP contribution in [-0.4, -0.2) is 37.6 Å².